The summed E-state index contributed by atoms with van der Waals surface area (Å²) in [6, 6.07) is 0. The van der Waals surface area contributed by atoms with E-state index in [9.17, 15) is 17.4 Å². The van der Waals surface area contributed by atoms with Gasteiger partial charge in [0.25, 0.3) is 0 Å². The predicted molar refractivity (Wildman–Crippen MR) is 40.5 cm³/mol. The van der Waals surface area contributed by atoms with Crippen molar-refractivity contribution in [3.8, 4) is 0 Å². The third-order valence-corrected chi connectivity index (χ3v) is 1.83. The lowest BCUT2D eigenvalue weighted by Gasteiger charge is -2.02. The van der Waals surface area contributed by atoms with E-state index in [4.69, 9.17) is 4.55 Å². The van der Waals surface area contributed by atoms with Crippen LogP contribution < -0.4 is 0 Å². The van der Waals surface area contributed by atoms with Gasteiger partial charge in [-0.25, -0.2) is 4.21 Å². The third kappa shape index (κ3) is 2.51. The summed E-state index contributed by atoms with van der Waals surface area (Å²) in [6.07, 6.45) is -4.65. The molecule has 1 rings (SSSR count). The molecule has 5 nitrogen and oxygen atoms in total. The van der Waals surface area contributed by atoms with Crippen LogP contribution in [0.5, 0.6) is 0 Å². The molecule has 0 radical (unpaired) electrons. The van der Waals surface area contributed by atoms with E-state index in [1.807, 2.05) is 0 Å². The lowest BCUT2D eigenvalue weighted by molar-refractivity contribution is -0.141. The number of aryl methyl sites for hydroxylation is 1. The van der Waals surface area contributed by atoms with Crippen LogP contribution in [0.3, 0.4) is 0 Å². The number of aromatic nitrogens is 3. The Bertz CT molecular complexity index is 362. The molecule has 0 spiro atoms. The summed E-state index contributed by atoms with van der Waals surface area (Å²) in [6.45, 7) is 0. The Morgan fingerprint density at radius 2 is 2.07 bits per heavy atom. The van der Waals surface area contributed by atoms with Gasteiger partial charge in [-0.05, 0) is 0 Å². The number of nitrogens with zero attached hydrogens (tertiary/aromatic N) is 3. The molecule has 0 aliphatic carbocycles. The number of hydrogen-bond acceptors (Lipinski definition) is 3. The molecule has 0 amide bonds. The van der Waals surface area contributed by atoms with E-state index in [0.717, 1.165) is 0 Å². The standard InChI is InChI=1S/C5H6F3N3O2S/c1-11-9-3(2-14(12)13)4(10-11)5(6,7)8/h2H2,1H3,(H,12,13). The fourth-order valence-corrected chi connectivity index (χ4v) is 1.31. The van der Waals surface area contributed by atoms with E-state index in [-0.39, 0.29) is 0 Å². The summed E-state index contributed by atoms with van der Waals surface area (Å²) in [5.41, 5.74) is -1.75. The normalized spacial score (nSPS) is 14.4. The molecule has 9 heteroatoms. The van der Waals surface area contributed by atoms with Crippen molar-refractivity contribution in [2.24, 2.45) is 7.05 Å². The van der Waals surface area contributed by atoms with Gasteiger partial charge in [0, 0.05) is 7.05 Å². The highest BCUT2D eigenvalue weighted by molar-refractivity contribution is 7.78. The zero-order valence-electron chi connectivity index (χ0n) is 6.95. The van der Waals surface area contributed by atoms with E-state index >= 15 is 0 Å². The van der Waals surface area contributed by atoms with Crippen LogP contribution in [0.25, 0.3) is 0 Å². The van der Waals surface area contributed by atoms with Gasteiger partial charge in [0.05, 0.1) is 5.75 Å². The van der Waals surface area contributed by atoms with Gasteiger partial charge in [0.2, 0.25) is 0 Å². The number of hydrogen-bond donors (Lipinski definition) is 1. The fourth-order valence-electron chi connectivity index (χ4n) is 0.881. The fraction of sp³-hybridized carbons (Fsp3) is 0.600. The van der Waals surface area contributed by atoms with Crippen molar-refractivity contribution in [2.75, 3.05) is 0 Å². The van der Waals surface area contributed by atoms with Crippen LogP contribution in [0.15, 0.2) is 0 Å². The first-order valence-corrected chi connectivity index (χ1v) is 4.63. The van der Waals surface area contributed by atoms with Gasteiger partial charge in [0.15, 0.2) is 16.8 Å². The molecule has 0 bridgehead atoms. The molecule has 1 aromatic rings. The Labute approximate surface area is 79.2 Å². The number of alkyl halides is 3. The first-order valence-electron chi connectivity index (χ1n) is 3.35. The van der Waals surface area contributed by atoms with E-state index < -0.39 is 34.4 Å². The Kier molecular flexibility index (Phi) is 2.90. The Hall–Kier alpha value is -0.960. The average Bonchev–Trinajstić information content (AvgIpc) is 2.28. The Morgan fingerprint density at radius 1 is 1.50 bits per heavy atom. The van der Waals surface area contributed by atoms with Gasteiger partial charge in [-0.3, -0.25) is 0 Å². The van der Waals surface area contributed by atoms with Crippen LogP contribution in [0, 0.1) is 0 Å². The third-order valence-electron chi connectivity index (χ3n) is 1.31. The molecule has 1 heterocycles. The first-order chi connectivity index (χ1) is 6.30. The lowest BCUT2D eigenvalue weighted by atomic mass is 10.3. The molecule has 0 saturated carbocycles. The largest absolute Gasteiger partial charge is 0.437 e. The summed E-state index contributed by atoms with van der Waals surface area (Å²) in [4.78, 5) is 0.713. The van der Waals surface area contributed by atoms with E-state index in [1.165, 1.54) is 7.05 Å². The van der Waals surface area contributed by atoms with Crippen molar-refractivity contribution < 1.29 is 21.9 Å². The average molecular weight is 229 g/mol. The van der Waals surface area contributed by atoms with Crippen LogP contribution in [0.4, 0.5) is 13.2 Å². The van der Waals surface area contributed by atoms with Gasteiger partial charge in [-0.15, -0.1) is 5.10 Å². The molecule has 0 aliphatic heterocycles. The van der Waals surface area contributed by atoms with Crippen molar-refractivity contribution in [3.05, 3.63) is 11.4 Å². The molecule has 1 unspecified atom stereocenters. The Balaban J connectivity index is 3.09. The summed E-state index contributed by atoms with van der Waals surface area (Å²) in [5, 5.41) is 6.42. The quantitative estimate of drug-likeness (QED) is 0.752. The van der Waals surface area contributed by atoms with Crippen molar-refractivity contribution in [2.45, 2.75) is 11.9 Å². The molecule has 0 fully saturated rings. The van der Waals surface area contributed by atoms with E-state index in [2.05, 4.69) is 10.2 Å². The number of rotatable bonds is 2. The predicted octanol–water partition coefficient (Wildman–Crippen LogP) is 0.556. The second-order valence-corrected chi connectivity index (χ2v) is 3.38. The van der Waals surface area contributed by atoms with Crippen molar-refractivity contribution in [1.82, 2.24) is 15.0 Å². The summed E-state index contributed by atoms with van der Waals surface area (Å²) >= 11 is -2.36. The maximum Gasteiger partial charge on any atom is 0.437 e. The minimum Gasteiger partial charge on any atom is -0.306 e. The number of halogens is 3. The van der Waals surface area contributed by atoms with Crippen molar-refractivity contribution in [3.63, 3.8) is 0 Å². The molecular weight excluding hydrogens is 223 g/mol. The van der Waals surface area contributed by atoms with Crippen LogP contribution in [0.2, 0.25) is 0 Å². The summed E-state index contributed by atoms with van der Waals surface area (Å²) in [5.74, 6) is -0.678. The lowest BCUT2D eigenvalue weighted by Crippen LogP contribution is -2.10. The van der Waals surface area contributed by atoms with Gasteiger partial charge in [0.1, 0.15) is 5.69 Å². The second-order valence-electron chi connectivity index (χ2n) is 2.45. The molecule has 1 atom stereocenters. The zero-order chi connectivity index (χ0) is 10.9. The van der Waals surface area contributed by atoms with Gasteiger partial charge in [-0.2, -0.15) is 23.1 Å². The minimum absolute atomic E-state index is 0.527. The van der Waals surface area contributed by atoms with Gasteiger partial charge in [-0.1, -0.05) is 0 Å². The molecule has 0 aromatic carbocycles. The van der Waals surface area contributed by atoms with Gasteiger partial charge >= 0.3 is 6.18 Å². The highest BCUT2D eigenvalue weighted by atomic mass is 32.2. The molecule has 80 valence electrons. The highest BCUT2D eigenvalue weighted by Crippen LogP contribution is 2.29. The Morgan fingerprint density at radius 3 is 2.50 bits per heavy atom. The van der Waals surface area contributed by atoms with Gasteiger partial charge < -0.3 is 4.55 Å². The van der Waals surface area contributed by atoms with Crippen LogP contribution in [0.1, 0.15) is 11.4 Å². The minimum atomic E-state index is -4.65. The van der Waals surface area contributed by atoms with E-state index in [0.29, 0.717) is 4.80 Å². The molecule has 1 aromatic heterocycles. The molecule has 0 saturated heterocycles. The topological polar surface area (TPSA) is 68.0 Å². The molecule has 14 heavy (non-hydrogen) atoms. The van der Waals surface area contributed by atoms with Crippen LogP contribution >= 0.6 is 0 Å². The molecular formula is C5H6F3N3O2S. The van der Waals surface area contributed by atoms with Crippen LogP contribution in [-0.2, 0) is 30.1 Å². The maximum absolute atomic E-state index is 12.2. The van der Waals surface area contributed by atoms with Crippen LogP contribution in [-0.4, -0.2) is 23.8 Å². The zero-order valence-corrected chi connectivity index (χ0v) is 7.76. The smallest absolute Gasteiger partial charge is 0.306 e. The van der Waals surface area contributed by atoms with Crippen molar-refractivity contribution in [1.29, 1.82) is 0 Å². The second kappa shape index (κ2) is 3.65. The maximum atomic E-state index is 12.2. The SMILES string of the molecule is Cn1nc(CS(=O)O)c(C(F)(F)F)n1. The molecule has 1 N–H and O–H groups in total. The highest BCUT2D eigenvalue weighted by Gasteiger charge is 2.38. The summed E-state index contributed by atoms with van der Waals surface area (Å²) in [7, 11) is 1.21. The first kappa shape index (κ1) is 11.1. The summed E-state index contributed by atoms with van der Waals surface area (Å²) < 4.78 is 55.4. The van der Waals surface area contributed by atoms with Crippen molar-refractivity contribution >= 4 is 11.1 Å². The monoisotopic (exact) mass is 229 g/mol. The molecule has 0 aliphatic rings. The van der Waals surface area contributed by atoms with E-state index in [1.54, 1.807) is 0 Å².